The van der Waals surface area contributed by atoms with E-state index in [4.69, 9.17) is 16.3 Å². The minimum atomic E-state index is -4.58. The third-order valence-corrected chi connectivity index (χ3v) is 4.36. The van der Waals surface area contributed by atoms with Gasteiger partial charge < -0.3 is 4.74 Å². The number of hydrogen-bond acceptors (Lipinski definition) is 3. The van der Waals surface area contributed by atoms with Crippen molar-refractivity contribution in [1.82, 2.24) is 9.78 Å². The topological polar surface area (TPSA) is 39.4 Å². The van der Waals surface area contributed by atoms with Crippen molar-refractivity contribution in [2.45, 2.75) is 19.7 Å². The third-order valence-electron chi connectivity index (χ3n) is 4.14. The molecule has 27 heavy (non-hydrogen) atoms. The molecular formula is C19H13ClF3N3O. The number of halogens is 4. The SMILES string of the molecule is Cc1cc(Cl)cc2c1N=C(c1cc(C(F)(F)F)nn1-c1ccccc1)OC2. The zero-order chi connectivity index (χ0) is 19.2. The maximum Gasteiger partial charge on any atom is 0.435 e. The van der Waals surface area contributed by atoms with Crippen molar-refractivity contribution in [3.63, 3.8) is 0 Å². The highest BCUT2D eigenvalue weighted by Gasteiger charge is 2.36. The zero-order valence-corrected chi connectivity index (χ0v) is 14.8. The van der Waals surface area contributed by atoms with E-state index in [1.54, 1.807) is 42.5 Å². The number of alkyl halides is 3. The largest absolute Gasteiger partial charge is 0.471 e. The van der Waals surface area contributed by atoms with Crippen LogP contribution in [0.5, 0.6) is 0 Å². The van der Waals surface area contributed by atoms with Crippen LogP contribution in [0.1, 0.15) is 22.5 Å². The van der Waals surface area contributed by atoms with Gasteiger partial charge in [0, 0.05) is 16.7 Å². The van der Waals surface area contributed by atoms with Crippen LogP contribution in [0.15, 0.2) is 53.5 Å². The quantitative estimate of drug-likeness (QED) is 0.581. The molecule has 8 heteroatoms. The molecule has 0 atom stereocenters. The van der Waals surface area contributed by atoms with Crippen molar-refractivity contribution < 1.29 is 17.9 Å². The van der Waals surface area contributed by atoms with Gasteiger partial charge in [0.15, 0.2) is 5.69 Å². The number of aliphatic imine (C=N–C) groups is 1. The van der Waals surface area contributed by atoms with Crippen LogP contribution in [0, 0.1) is 6.92 Å². The summed E-state index contributed by atoms with van der Waals surface area (Å²) in [6.45, 7) is 2.00. The highest BCUT2D eigenvalue weighted by atomic mass is 35.5. The first kappa shape index (κ1) is 17.6. The Morgan fingerprint density at radius 2 is 1.85 bits per heavy atom. The minimum Gasteiger partial charge on any atom is -0.471 e. The smallest absolute Gasteiger partial charge is 0.435 e. The molecule has 0 fully saturated rings. The van der Waals surface area contributed by atoms with E-state index in [0.717, 1.165) is 17.2 Å². The molecule has 1 aliphatic rings. The van der Waals surface area contributed by atoms with E-state index in [0.29, 0.717) is 16.4 Å². The van der Waals surface area contributed by atoms with Crippen LogP contribution in [0.3, 0.4) is 0 Å². The lowest BCUT2D eigenvalue weighted by atomic mass is 10.1. The molecule has 0 saturated carbocycles. The van der Waals surface area contributed by atoms with E-state index in [-0.39, 0.29) is 18.2 Å². The number of para-hydroxylation sites is 1. The van der Waals surface area contributed by atoms with Crippen LogP contribution >= 0.6 is 11.6 Å². The Morgan fingerprint density at radius 3 is 2.56 bits per heavy atom. The van der Waals surface area contributed by atoms with Gasteiger partial charge in [-0.1, -0.05) is 29.8 Å². The number of nitrogens with zero attached hydrogens (tertiary/aromatic N) is 3. The first-order valence-corrected chi connectivity index (χ1v) is 8.44. The molecule has 0 N–H and O–H groups in total. The standard InChI is InChI=1S/C19H13ClF3N3O/c1-11-7-13(20)8-12-10-27-18(24-17(11)12)15-9-16(19(21,22)23)25-26(15)14-5-3-2-4-6-14/h2-9H,10H2,1H3. The Morgan fingerprint density at radius 1 is 1.11 bits per heavy atom. The molecule has 0 saturated heterocycles. The van der Waals surface area contributed by atoms with E-state index in [1.807, 2.05) is 6.92 Å². The van der Waals surface area contributed by atoms with Gasteiger partial charge in [-0.2, -0.15) is 18.3 Å². The second-order valence-corrected chi connectivity index (χ2v) is 6.53. The molecule has 0 spiro atoms. The number of ether oxygens (including phenoxy) is 1. The maximum absolute atomic E-state index is 13.2. The number of fused-ring (bicyclic) bond motifs is 1. The Hall–Kier alpha value is -2.80. The van der Waals surface area contributed by atoms with Crippen LogP contribution in [-0.4, -0.2) is 15.7 Å². The summed E-state index contributed by atoms with van der Waals surface area (Å²) in [5, 5.41) is 4.29. The van der Waals surface area contributed by atoms with Crippen molar-refractivity contribution in [3.05, 3.63) is 76.1 Å². The summed E-state index contributed by atoms with van der Waals surface area (Å²) in [7, 11) is 0. The molecule has 1 aliphatic heterocycles. The number of rotatable bonds is 2. The first-order valence-electron chi connectivity index (χ1n) is 8.06. The number of benzene rings is 2. The van der Waals surface area contributed by atoms with Gasteiger partial charge in [-0.05, 0) is 36.8 Å². The van der Waals surface area contributed by atoms with Crippen LogP contribution in [-0.2, 0) is 17.5 Å². The monoisotopic (exact) mass is 391 g/mol. The molecular weight excluding hydrogens is 379 g/mol. The van der Waals surface area contributed by atoms with Gasteiger partial charge >= 0.3 is 6.18 Å². The predicted molar refractivity (Wildman–Crippen MR) is 95.7 cm³/mol. The van der Waals surface area contributed by atoms with Gasteiger partial charge in [0.05, 0.1) is 11.4 Å². The van der Waals surface area contributed by atoms with Crippen LogP contribution in [0.2, 0.25) is 5.02 Å². The van der Waals surface area contributed by atoms with Crippen molar-refractivity contribution in [3.8, 4) is 5.69 Å². The Bertz CT molecular complexity index is 1040. The highest BCUT2D eigenvalue weighted by Crippen LogP contribution is 2.34. The van der Waals surface area contributed by atoms with Gasteiger partial charge in [0.1, 0.15) is 12.3 Å². The molecule has 0 aliphatic carbocycles. The van der Waals surface area contributed by atoms with E-state index in [9.17, 15) is 13.2 Å². The summed E-state index contributed by atoms with van der Waals surface area (Å²) in [6, 6.07) is 13.0. The Labute approximate surface area is 157 Å². The molecule has 2 heterocycles. The van der Waals surface area contributed by atoms with E-state index in [2.05, 4.69) is 10.1 Å². The van der Waals surface area contributed by atoms with Gasteiger partial charge in [0.25, 0.3) is 0 Å². The molecule has 3 aromatic rings. The summed E-state index contributed by atoms with van der Waals surface area (Å²) in [4.78, 5) is 4.45. The average molecular weight is 392 g/mol. The summed E-state index contributed by atoms with van der Waals surface area (Å²) in [5.41, 5.74) is 1.86. The lowest BCUT2D eigenvalue weighted by Crippen LogP contribution is -2.16. The minimum absolute atomic E-state index is 0.0831. The Kier molecular flexibility index (Phi) is 4.19. The van der Waals surface area contributed by atoms with Crippen molar-refractivity contribution in [1.29, 1.82) is 0 Å². The van der Waals surface area contributed by atoms with E-state index < -0.39 is 11.9 Å². The first-order chi connectivity index (χ1) is 12.8. The maximum atomic E-state index is 13.2. The van der Waals surface area contributed by atoms with Crippen LogP contribution < -0.4 is 0 Å². The summed E-state index contributed by atoms with van der Waals surface area (Å²) in [5.74, 6) is 0.0831. The van der Waals surface area contributed by atoms with Gasteiger partial charge in [-0.3, -0.25) is 0 Å². The van der Waals surface area contributed by atoms with Crippen molar-refractivity contribution in [2.75, 3.05) is 0 Å². The third kappa shape index (κ3) is 3.30. The second kappa shape index (κ2) is 6.42. The Balaban J connectivity index is 1.88. The molecule has 0 radical (unpaired) electrons. The van der Waals surface area contributed by atoms with Gasteiger partial charge in [-0.25, -0.2) is 9.67 Å². The van der Waals surface area contributed by atoms with E-state index in [1.165, 1.54) is 4.68 Å². The molecule has 4 nitrogen and oxygen atoms in total. The zero-order valence-electron chi connectivity index (χ0n) is 14.1. The van der Waals surface area contributed by atoms with E-state index >= 15 is 0 Å². The lowest BCUT2D eigenvalue weighted by molar-refractivity contribution is -0.141. The number of aryl methyl sites for hydroxylation is 1. The van der Waals surface area contributed by atoms with Crippen LogP contribution in [0.25, 0.3) is 5.69 Å². The fourth-order valence-electron chi connectivity index (χ4n) is 2.92. The highest BCUT2D eigenvalue weighted by molar-refractivity contribution is 6.30. The van der Waals surface area contributed by atoms with Crippen LogP contribution in [0.4, 0.5) is 18.9 Å². The molecule has 0 bridgehead atoms. The predicted octanol–water partition coefficient (Wildman–Crippen LogP) is 5.46. The fraction of sp³-hybridized carbons (Fsp3) is 0.158. The molecule has 0 amide bonds. The molecule has 4 rings (SSSR count). The fourth-order valence-corrected chi connectivity index (χ4v) is 3.22. The molecule has 0 unspecified atom stereocenters. The second-order valence-electron chi connectivity index (χ2n) is 6.10. The lowest BCUT2D eigenvalue weighted by Gasteiger charge is -2.19. The molecule has 1 aromatic heterocycles. The normalized spacial score (nSPS) is 13.7. The number of aromatic nitrogens is 2. The van der Waals surface area contributed by atoms with Crippen molar-refractivity contribution >= 4 is 23.2 Å². The summed E-state index contributed by atoms with van der Waals surface area (Å²) < 4.78 is 46.6. The van der Waals surface area contributed by atoms with Gasteiger partial charge in [0.2, 0.25) is 5.90 Å². The summed E-state index contributed by atoms with van der Waals surface area (Å²) >= 11 is 6.05. The van der Waals surface area contributed by atoms with Gasteiger partial charge in [-0.15, -0.1) is 0 Å². The van der Waals surface area contributed by atoms with Crippen molar-refractivity contribution in [2.24, 2.45) is 4.99 Å². The molecule has 138 valence electrons. The summed E-state index contributed by atoms with van der Waals surface area (Å²) in [6.07, 6.45) is -4.58. The average Bonchev–Trinajstić information content (AvgIpc) is 3.08. The number of hydrogen-bond donors (Lipinski definition) is 0. The molecule has 2 aromatic carbocycles.